The molecule has 2 atom stereocenters. The first-order chi connectivity index (χ1) is 18.0. The van der Waals surface area contributed by atoms with Crippen LogP contribution in [-0.4, -0.2) is 60.6 Å². The van der Waals surface area contributed by atoms with Crippen molar-refractivity contribution in [2.75, 3.05) is 32.8 Å². The predicted octanol–water partition coefficient (Wildman–Crippen LogP) is 5.37. The maximum Gasteiger partial charge on any atom is 0.257 e. The molecule has 1 aromatic heterocycles. The molecule has 1 saturated heterocycles. The Morgan fingerprint density at radius 2 is 1.97 bits per heavy atom. The maximum absolute atomic E-state index is 14.5. The summed E-state index contributed by atoms with van der Waals surface area (Å²) in [6.07, 6.45) is 2.27. The molecule has 0 unspecified atom stereocenters. The van der Waals surface area contributed by atoms with Crippen LogP contribution in [0.3, 0.4) is 0 Å². The normalized spacial score (nSPS) is 18.9. The van der Waals surface area contributed by atoms with Crippen LogP contribution < -0.4 is 4.74 Å². The summed E-state index contributed by atoms with van der Waals surface area (Å²) in [5.41, 5.74) is 1.01. The number of halogens is 2. The molecular weight excluding hydrogens is 515 g/mol. The Bertz CT molecular complexity index is 1240. The number of nitrogens with zero attached hydrogens (tertiary/aromatic N) is 2. The molecular formula is C28H28ClFN2O4S. The fourth-order valence-corrected chi connectivity index (χ4v) is 5.95. The molecule has 0 bridgehead atoms. The highest BCUT2D eigenvalue weighted by Gasteiger charge is 2.35. The lowest BCUT2D eigenvalue weighted by atomic mass is 10.00. The highest BCUT2D eigenvalue weighted by atomic mass is 35.5. The third-order valence-electron chi connectivity index (χ3n) is 6.80. The largest absolute Gasteiger partial charge is 0.491 e. The smallest absolute Gasteiger partial charge is 0.257 e. The van der Waals surface area contributed by atoms with E-state index in [1.807, 2.05) is 11.4 Å². The highest BCUT2D eigenvalue weighted by molar-refractivity contribution is 7.10. The van der Waals surface area contributed by atoms with E-state index in [-0.39, 0.29) is 43.3 Å². The van der Waals surface area contributed by atoms with E-state index in [1.54, 1.807) is 52.6 Å². The Labute approximate surface area is 224 Å². The Balaban J connectivity index is 1.36. The van der Waals surface area contributed by atoms with E-state index in [4.69, 9.17) is 21.1 Å². The van der Waals surface area contributed by atoms with Crippen LogP contribution in [0.25, 0.3) is 0 Å². The zero-order valence-corrected chi connectivity index (χ0v) is 21.8. The molecule has 1 fully saturated rings. The Kier molecular flexibility index (Phi) is 8.08. The fourth-order valence-electron chi connectivity index (χ4n) is 4.89. The molecule has 0 radical (unpaired) electrons. The van der Waals surface area contributed by atoms with Crippen molar-refractivity contribution in [3.63, 3.8) is 0 Å². The third-order valence-corrected chi connectivity index (χ3v) is 8.05. The van der Waals surface area contributed by atoms with Crippen LogP contribution in [0.2, 0.25) is 5.02 Å². The molecule has 0 N–H and O–H groups in total. The number of rotatable bonds is 8. The molecule has 3 heterocycles. The summed E-state index contributed by atoms with van der Waals surface area (Å²) in [4.78, 5) is 31.5. The Morgan fingerprint density at radius 1 is 1.16 bits per heavy atom. The van der Waals surface area contributed by atoms with Crippen molar-refractivity contribution in [3.05, 3.63) is 86.8 Å². The van der Waals surface area contributed by atoms with E-state index >= 15 is 0 Å². The number of carbonyl (C=O) groups excluding carboxylic acids is 2. The van der Waals surface area contributed by atoms with Crippen LogP contribution in [-0.2, 0) is 16.0 Å². The van der Waals surface area contributed by atoms with E-state index in [9.17, 15) is 14.0 Å². The molecule has 3 aromatic rings. The van der Waals surface area contributed by atoms with Gasteiger partial charge in [0.15, 0.2) is 0 Å². The molecule has 2 aliphatic heterocycles. The molecule has 0 aliphatic carbocycles. The van der Waals surface area contributed by atoms with Crippen LogP contribution in [0.4, 0.5) is 4.39 Å². The van der Waals surface area contributed by atoms with Gasteiger partial charge < -0.3 is 19.3 Å². The van der Waals surface area contributed by atoms with Crippen LogP contribution in [0.15, 0.2) is 60.0 Å². The molecule has 0 saturated carbocycles. The van der Waals surface area contributed by atoms with Gasteiger partial charge >= 0.3 is 0 Å². The summed E-state index contributed by atoms with van der Waals surface area (Å²) in [6.45, 7) is 1.48. The molecule has 2 aromatic carbocycles. The molecule has 37 heavy (non-hydrogen) atoms. The number of hydrogen-bond donors (Lipinski definition) is 0. The lowest BCUT2D eigenvalue weighted by Gasteiger charge is -2.37. The van der Waals surface area contributed by atoms with Gasteiger partial charge in [0.25, 0.3) is 5.91 Å². The summed E-state index contributed by atoms with van der Waals surface area (Å²) in [5, 5.41) is 2.65. The van der Waals surface area contributed by atoms with Gasteiger partial charge in [-0.15, -0.1) is 11.3 Å². The number of fused-ring (bicyclic) bond motifs is 1. The van der Waals surface area contributed by atoms with Crippen molar-refractivity contribution in [1.82, 2.24) is 9.80 Å². The van der Waals surface area contributed by atoms with Crippen LogP contribution >= 0.6 is 22.9 Å². The van der Waals surface area contributed by atoms with E-state index in [0.717, 1.165) is 24.8 Å². The molecule has 0 spiro atoms. The van der Waals surface area contributed by atoms with E-state index in [1.165, 1.54) is 21.9 Å². The van der Waals surface area contributed by atoms with Gasteiger partial charge in [0.2, 0.25) is 5.91 Å². The second kappa shape index (κ2) is 11.6. The van der Waals surface area contributed by atoms with Crippen molar-refractivity contribution in [3.8, 4) is 5.75 Å². The van der Waals surface area contributed by atoms with Crippen LogP contribution in [0.5, 0.6) is 5.75 Å². The minimum atomic E-state index is -0.604. The minimum absolute atomic E-state index is 0.0466. The Hall–Kier alpha value is -2.94. The average molecular weight is 543 g/mol. The third kappa shape index (κ3) is 5.98. The Morgan fingerprint density at radius 3 is 2.73 bits per heavy atom. The SMILES string of the molecule is O=C(c1ccccc1F)N(CC(=O)N1CCc2sccc2[C@H]1COc1ccc(Cl)cc1)C[C@H]1CCCO1. The summed E-state index contributed by atoms with van der Waals surface area (Å²) in [7, 11) is 0. The fraction of sp³-hybridized carbons (Fsp3) is 0.357. The average Bonchev–Trinajstić information content (AvgIpc) is 3.60. The van der Waals surface area contributed by atoms with Gasteiger partial charge in [-0.25, -0.2) is 4.39 Å². The number of ether oxygens (including phenoxy) is 2. The molecule has 6 nitrogen and oxygen atoms in total. The van der Waals surface area contributed by atoms with Crippen molar-refractivity contribution >= 4 is 34.8 Å². The highest BCUT2D eigenvalue weighted by Crippen LogP contribution is 2.34. The zero-order valence-electron chi connectivity index (χ0n) is 20.3. The second-order valence-electron chi connectivity index (χ2n) is 9.22. The maximum atomic E-state index is 14.5. The first-order valence-corrected chi connectivity index (χ1v) is 13.6. The number of carbonyl (C=O) groups is 2. The van der Waals surface area contributed by atoms with Gasteiger partial charge in [-0.3, -0.25) is 9.59 Å². The van der Waals surface area contributed by atoms with Gasteiger partial charge in [-0.05, 0) is 72.7 Å². The molecule has 2 amide bonds. The summed E-state index contributed by atoms with van der Waals surface area (Å²) >= 11 is 7.67. The predicted molar refractivity (Wildman–Crippen MR) is 141 cm³/mol. The lowest BCUT2D eigenvalue weighted by Crippen LogP contribution is -2.49. The second-order valence-corrected chi connectivity index (χ2v) is 10.7. The van der Waals surface area contributed by atoms with Crippen molar-refractivity contribution in [2.45, 2.75) is 31.4 Å². The topological polar surface area (TPSA) is 59.1 Å². The van der Waals surface area contributed by atoms with Gasteiger partial charge in [0.05, 0.1) is 17.7 Å². The van der Waals surface area contributed by atoms with Crippen LogP contribution in [0.1, 0.15) is 39.7 Å². The van der Waals surface area contributed by atoms with Gasteiger partial charge in [0, 0.05) is 29.6 Å². The number of thiophene rings is 1. The lowest BCUT2D eigenvalue weighted by molar-refractivity contribution is -0.135. The van der Waals surface area contributed by atoms with Crippen LogP contribution in [0, 0.1) is 5.82 Å². The number of benzene rings is 2. The first-order valence-electron chi connectivity index (χ1n) is 12.4. The van der Waals surface area contributed by atoms with Crippen molar-refractivity contribution in [2.24, 2.45) is 0 Å². The summed E-state index contributed by atoms with van der Waals surface area (Å²) in [6, 6.07) is 14.7. The van der Waals surface area contributed by atoms with Crippen molar-refractivity contribution < 1.29 is 23.5 Å². The number of hydrogen-bond acceptors (Lipinski definition) is 5. The molecule has 5 rings (SSSR count). The standard InChI is InChI=1S/C28H28ClFN2O4S/c29-19-7-9-20(10-8-19)36-18-25-23-12-15-37-26(23)11-13-32(25)27(33)17-31(16-21-4-3-14-35-21)28(34)22-5-1-2-6-24(22)30/h1-2,5-10,12,15,21,25H,3-4,11,13-14,16-18H2/t21-,25-/m1/s1. The monoisotopic (exact) mass is 542 g/mol. The first kappa shape index (κ1) is 25.7. The van der Waals surface area contributed by atoms with Gasteiger partial charge in [0.1, 0.15) is 24.7 Å². The molecule has 9 heteroatoms. The quantitative estimate of drug-likeness (QED) is 0.384. The van der Waals surface area contributed by atoms with Gasteiger partial charge in [-0.2, -0.15) is 0 Å². The minimum Gasteiger partial charge on any atom is -0.491 e. The molecule has 2 aliphatic rings. The zero-order chi connectivity index (χ0) is 25.8. The summed E-state index contributed by atoms with van der Waals surface area (Å²) < 4.78 is 26.3. The van der Waals surface area contributed by atoms with E-state index in [2.05, 4.69) is 0 Å². The van der Waals surface area contributed by atoms with E-state index in [0.29, 0.717) is 23.9 Å². The van der Waals surface area contributed by atoms with E-state index < -0.39 is 11.7 Å². The number of amides is 2. The molecule has 194 valence electrons. The van der Waals surface area contributed by atoms with Gasteiger partial charge in [-0.1, -0.05) is 23.7 Å². The van der Waals surface area contributed by atoms with Crippen molar-refractivity contribution in [1.29, 1.82) is 0 Å². The summed E-state index contributed by atoms with van der Waals surface area (Å²) in [5.74, 6) is -0.658.